The lowest BCUT2D eigenvalue weighted by Crippen LogP contribution is -2.43. The number of nitrogens with two attached hydrogens (primary N) is 1. The van der Waals surface area contributed by atoms with Crippen LogP contribution in [0.25, 0.3) is 0 Å². The Morgan fingerprint density at radius 2 is 2.05 bits per heavy atom. The fraction of sp³-hybridized carbons (Fsp3) is 0.500. The highest BCUT2D eigenvalue weighted by molar-refractivity contribution is 6.31. The summed E-state index contributed by atoms with van der Waals surface area (Å²) in [4.78, 5) is 23.5. The summed E-state index contributed by atoms with van der Waals surface area (Å²) in [6.07, 6.45) is 4.58. The molecule has 0 bridgehead atoms. The third kappa shape index (κ3) is 4.37. The summed E-state index contributed by atoms with van der Waals surface area (Å²) < 4.78 is 0. The number of nitrogens with one attached hydrogen (secondary N) is 2. The van der Waals surface area contributed by atoms with Crippen molar-refractivity contribution in [3.05, 3.63) is 28.8 Å². The summed E-state index contributed by atoms with van der Waals surface area (Å²) in [5, 5.41) is 6.44. The zero-order chi connectivity index (χ0) is 16.1. The van der Waals surface area contributed by atoms with Crippen molar-refractivity contribution in [1.29, 1.82) is 0 Å². The van der Waals surface area contributed by atoms with Crippen molar-refractivity contribution >= 4 is 29.1 Å². The van der Waals surface area contributed by atoms with Gasteiger partial charge in [-0.1, -0.05) is 31.4 Å². The second-order valence-electron chi connectivity index (χ2n) is 5.84. The highest BCUT2D eigenvalue weighted by atomic mass is 35.5. The Labute approximate surface area is 135 Å². The van der Waals surface area contributed by atoms with E-state index < -0.39 is 5.91 Å². The largest absolute Gasteiger partial charge is 0.376 e. The Balaban J connectivity index is 1.92. The van der Waals surface area contributed by atoms with Crippen LogP contribution in [0.3, 0.4) is 0 Å². The van der Waals surface area contributed by atoms with Crippen LogP contribution in [-0.2, 0) is 4.79 Å². The maximum absolute atomic E-state index is 12.1. The SMILES string of the molecule is C[C@@H]1CCCC[C@@H]1NC(=O)CNc1ccc(Cl)cc1C(N)=O. The molecule has 0 unspecified atom stereocenters. The first-order valence-electron chi connectivity index (χ1n) is 7.60. The molecule has 120 valence electrons. The van der Waals surface area contributed by atoms with Crippen molar-refractivity contribution < 1.29 is 9.59 Å². The fourth-order valence-electron chi connectivity index (χ4n) is 2.84. The van der Waals surface area contributed by atoms with E-state index in [4.69, 9.17) is 17.3 Å². The number of halogens is 1. The van der Waals surface area contributed by atoms with Gasteiger partial charge in [0.2, 0.25) is 5.91 Å². The molecule has 5 nitrogen and oxygen atoms in total. The second-order valence-corrected chi connectivity index (χ2v) is 6.28. The molecule has 4 N–H and O–H groups in total. The molecule has 2 atom stereocenters. The van der Waals surface area contributed by atoms with E-state index in [9.17, 15) is 9.59 Å². The summed E-state index contributed by atoms with van der Waals surface area (Å²) in [6.45, 7) is 2.27. The molecular formula is C16H22ClN3O2. The molecule has 6 heteroatoms. The second kappa shape index (κ2) is 7.49. The molecule has 1 aliphatic rings. The molecular weight excluding hydrogens is 302 g/mol. The molecule has 1 fully saturated rings. The summed E-state index contributed by atoms with van der Waals surface area (Å²) in [7, 11) is 0. The summed E-state index contributed by atoms with van der Waals surface area (Å²) in [6, 6.07) is 5.04. The van der Waals surface area contributed by atoms with Crippen molar-refractivity contribution in [3.63, 3.8) is 0 Å². The smallest absolute Gasteiger partial charge is 0.250 e. The van der Waals surface area contributed by atoms with Gasteiger partial charge in [0.15, 0.2) is 0 Å². The van der Waals surface area contributed by atoms with Crippen LogP contribution in [0.5, 0.6) is 0 Å². The molecule has 0 aliphatic heterocycles. The van der Waals surface area contributed by atoms with Gasteiger partial charge in [-0.15, -0.1) is 0 Å². The van der Waals surface area contributed by atoms with Crippen LogP contribution in [0.1, 0.15) is 43.0 Å². The van der Waals surface area contributed by atoms with Crippen molar-refractivity contribution in [2.45, 2.75) is 38.6 Å². The zero-order valence-electron chi connectivity index (χ0n) is 12.7. The molecule has 0 radical (unpaired) electrons. The molecule has 22 heavy (non-hydrogen) atoms. The Morgan fingerprint density at radius 1 is 1.32 bits per heavy atom. The Morgan fingerprint density at radius 3 is 2.73 bits per heavy atom. The molecule has 0 heterocycles. The number of benzene rings is 1. The molecule has 0 aromatic heterocycles. The molecule has 2 rings (SSSR count). The average molecular weight is 324 g/mol. The molecule has 2 amide bonds. The van der Waals surface area contributed by atoms with Gasteiger partial charge in [-0.25, -0.2) is 0 Å². The molecule has 1 aromatic rings. The van der Waals surface area contributed by atoms with E-state index >= 15 is 0 Å². The summed E-state index contributed by atoms with van der Waals surface area (Å²) in [5.41, 5.74) is 6.12. The van der Waals surface area contributed by atoms with Gasteiger partial charge in [0.05, 0.1) is 12.1 Å². The molecule has 1 saturated carbocycles. The molecule has 0 saturated heterocycles. The summed E-state index contributed by atoms with van der Waals surface area (Å²) in [5.74, 6) is -0.148. The number of anilines is 1. The first-order chi connectivity index (χ1) is 10.5. The van der Waals surface area contributed by atoms with Gasteiger partial charge in [0.25, 0.3) is 5.91 Å². The van der Waals surface area contributed by atoms with Crippen LogP contribution in [0.15, 0.2) is 18.2 Å². The van der Waals surface area contributed by atoms with Crippen LogP contribution >= 0.6 is 11.6 Å². The van der Waals surface area contributed by atoms with Gasteiger partial charge in [-0.2, -0.15) is 0 Å². The zero-order valence-corrected chi connectivity index (χ0v) is 13.5. The highest BCUT2D eigenvalue weighted by Gasteiger charge is 2.22. The number of hydrogen-bond acceptors (Lipinski definition) is 3. The average Bonchev–Trinajstić information content (AvgIpc) is 2.48. The van der Waals surface area contributed by atoms with E-state index in [-0.39, 0.29) is 24.1 Å². The van der Waals surface area contributed by atoms with Crippen LogP contribution in [0, 0.1) is 5.92 Å². The lowest BCUT2D eigenvalue weighted by molar-refractivity contribution is -0.120. The van der Waals surface area contributed by atoms with Crippen molar-refractivity contribution in [3.8, 4) is 0 Å². The van der Waals surface area contributed by atoms with Crippen LogP contribution < -0.4 is 16.4 Å². The topological polar surface area (TPSA) is 84.2 Å². The lowest BCUT2D eigenvalue weighted by Gasteiger charge is -2.29. The van der Waals surface area contributed by atoms with Gasteiger partial charge < -0.3 is 16.4 Å². The van der Waals surface area contributed by atoms with E-state index in [0.717, 1.165) is 19.3 Å². The monoisotopic (exact) mass is 323 g/mol. The van der Waals surface area contributed by atoms with E-state index in [0.29, 0.717) is 16.6 Å². The van der Waals surface area contributed by atoms with E-state index in [1.807, 2.05) is 0 Å². The number of carbonyl (C=O) groups is 2. The number of amides is 2. The van der Waals surface area contributed by atoms with Gasteiger partial charge in [0, 0.05) is 16.8 Å². The van der Waals surface area contributed by atoms with Crippen LogP contribution in [0.4, 0.5) is 5.69 Å². The minimum atomic E-state index is -0.577. The van der Waals surface area contributed by atoms with Gasteiger partial charge in [-0.3, -0.25) is 9.59 Å². The standard InChI is InChI=1S/C16H22ClN3O2/c1-10-4-2-3-5-13(10)20-15(21)9-19-14-7-6-11(17)8-12(14)16(18)22/h6-8,10,13,19H,2-5,9H2,1H3,(H2,18,22)(H,20,21)/t10-,13+/m1/s1. The minimum Gasteiger partial charge on any atom is -0.376 e. The van der Waals surface area contributed by atoms with Crippen molar-refractivity contribution in [1.82, 2.24) is 5.32 Å². The highest BCUT2D eigenvalue weighted by Crippen LogP contribution is 2.24. The lowest BCUT2D eigenvalue weighted by atomic mass is 9.86. The molecule has 1 aromatic carbocycles. The third-order valence-corrected chi connectivity index (χ3v) is 4.38. The number of carbonyl (C=O) groups excluding carboxylic acids is 2. The van der Waals surface area contributed by atoms with E-state index in [1.165, 1.54) is 12.5 Å². The van der Waals surface area contributed by atoms with E-state index in [1.54, 1.807) is 12.1 Å². The quantitative estimate of drug-likeness (QED) is 0.778. The number of primary amides is 1. The first kappa shape index (κ1) is 16.6. The number of rotatable bonds is 5. The Kier molecular flexibility index (Phi) is 5.66. The Bertz CT molecular complexity index is 562. The van der Waals surface area contributed by atoms with Crippen molar-refractivity contribution in [2.24, 2.45) is 11.7 Å². The fourth-order valence-corrected chi connectivity index (χ4v) is 3.01. The van der Waals surface area contributed by atoms with Gasteiger partial charge in [-0.05, 0) is 37.0 Å². The normalized spacial score (nSPS) is 21.2. The minimum absolute atomic E-state index is 0.0795. The molecule has 1 aliphatic carbocycles. The maximum atomic E-state index is 12.1. The van der Waals surface area contributed by atoms with Crippen molar-refractivity contribution in [2.75, 3.05) is 11.9 Å². The van der Waals surface area contributed by atoms with Crippen LogP contribution in [-0.4, -0.2) is 24.4 Å². The predicted molar refractivity (Wildman–Crippen MR) is 88.0 cm³/mol. The van der Waals surface area contributed by atoms with E-state index in [2.05, 4.69) is 17.6 Å². The number of hydrogen-bond donors (Lipinski definition) is 3. The third-order valence-electron chi connectivity index (χ3n) is 4.14. The first-order valence-corrected chi connectivity index (χ1v) is 7.97. The summed E-state index contributed by atoms with van der Waals surface area (Å²) >= 11 is 5.85. The van der Waals surface area contributed by atoms with Crippen LogP contribution in [0.2, 0.25) is 5.02 Å². The maximum Gasteiger partial charge on any atom is 0.250 e. The van der Waals surface area contributed by atoms with Gasteiger partial charge in [0.1, 0.15) is 0 Å². The molecule has 0 spiro atoms. The Hall–Kier alpha value is -1.75. The predicted octanol–water partition coefficient (Wildman–Crippen LogP) is 2.55. The van der Waals surface area contributed by atoms with Gasteiger partial charge >= 0.3 is 0 Å².